The molecule has 0 aliphatic heterocycles. The Morgan fingerprint density at radius 1 is 1.10 bits per heavy atom. The molecule has 0 bridgehead atoms. The van der Waals surface area contributed by atoms with Gasteiger partial charge in [-0.05, 0) is 41.3 Å². The average molecular weight is 409 g/mol. The van der Waals surface area contributed by atoms with Crippen molar-refractivity contribution in [1.29, 1.82) is 0 Å². The van der Waals surface area contributed by atoms with Crippen molar-refractivity contribution in [1.82, 2.24) is 14.5 Å². The molecule has 0 spiro atoms. The van der Waals surface area contributed by atoms with E-state index < -0.39 is 17.1 Å². The van der Waals surface area contributed by atoms with E-state index in [9.17, 15) is 18.8 Å². The maximum Gasteiger partial charge on any atom is 0.336 e. The summed E-state index contributed by atoms with van der Waals surface area (Å²) in [5.41, 5.74) is 0.147. The summed E-state index contributed by atoms with van der Waals surface area (Å²) in [5.74, 6) is -0.793. The molecule has 29 heavy (non-hydrogen) atoms. The van der Waals surface area contributed by atoms with Gasteiger partial charge < -0.3 is 5.32 Å². The number of benzene rings is 2. The highest BCUT2D eigenvalue weighted by Crippen LogP contribution is 2.20. The summed E-state index contributed by atoms with van der Waals surface area (Å²) in [4.78, 5) is 39.0. The van der Waals surface area contributed by atoms with Gasteiger partial charge >= 0.3 is 5.69 Å². The largest absolute Gasteiger partial charge is 0.354 e. The molecule has 0 saturated heterocycles. The fourth-order valence-corrected chi connectivity index (χ4v) is 4.09. The molecular weight excluding hydrogens is 393 g/mol. The molecule has 1 N–H and O–H groups in total. The Hall–Kier alpha value is -3.52. The van der Waals surface area contributed by atoms with Crippen LogP contribution in [0.15, 0.2) is 69.6 Å². The third-order valence-electron chi connectivity index (χ3n) is 4.60. The Kier molecular flexibility index (Phi) is 4.85. The minimum Gasteiger partial charge on any atom is -0.354 e. The second-order valence-corrected chi connectivity index (χ2v) is 7.29. The van der Waals surface area contributed by atoms with Crippen LogP contribution in [0.25, 0.3) is 16.6 Å². The number of carbonyl (C=O) groups excluding carboxylic acids is 1. The lowest BCUT2D eigenvalue weighted by molar-refractivity contribution is 0.0967. The van der Waals surface area contributed by atoms with Gasteiger partial charge in [-0.2, -0.15) is 0 Å². The first kappa shape index (κ1) is 18.8. The van der Waals surface area contributed by atoms with Crippen molar-refractivity contribution in [2.24, 2.45) is 0 Å². The predicted octanol–water partition coefficient (Wildman–Crippen LogP) is 2.76. The van der Waals surface area contributed by atoms with Gasteiger partial charge in [0.25, 0.3) is 11.5 Å². The van der Waals surface area contributed by atoms with E-state index in [0.29, 0.717) is 16.5 Å². The second kappa shape index (κ2) is 7.48. The molecule has 2 heterocycles. The maximum absolute atomic E-state index is 13.6. The number of carbonyl (C=O) groups is 1. The summed E-state index contributed by atoms with van der Waals surface area (Å²) in [6.07, 6.45) is 0. The van der Waals surface area contributed by atoms with Crippen molar-refractivity contribution >= 4 is 28.1 Å². The summed E-state index contributed by atoms with van der Waals surface area (Å²) in [6, 6.07) is 14.3. The van der Waals surface area contributed by atoms with Crippen LogP contribution in [0.1, 0.15) is 15.2 Å². The van der Waals surface area contributed by atoms with E-state index >= 15 is 0 Å². The molecule has 0 radical (unpaired) electrons. The highest BCUT2D eigenvalue weighted by atomic mass is 32.1. The van der Waals surface area contributed by atoms with Crippen LogP contribution >= 0.6 is 11.3 Å². The lowest BCUT2D eigenvalue weighted by Crippen LogP contribution is -2.40. The number of hydrogen-bond acceptors (Lipinski definition) is 4. The van der Waals surface area contributed by atoms with Crippen LogP contribution < -0.4 is 16.6 Å². The molecule has 146 valence electrons. The number of fused-ring (bicyclic) bond motifs is 1. The van der Waals surface area contributed by atoms with Crippen LogP contribution in [0, 0.1) is 5.82 Å². The summed E-state index contributed by atoms with van der Waals surface area (Å²) in [5, 5.41) is 4.50. The van der Waals surface area contributed by atoms with Crippen LogP contribution in [0.3, 0.4) is 0 Å². The molecule has 0 unspecified atom stereocenters. The molecule has 2 aromatic carbocycles. The molecule has 1 amide bonds. The molecule has 0 aliphatic rings. The molecule has 0 fully saturated rings. The number of aromatic nitrogens is 2. The second-order valence-electron chi connectivity index (χ2n) is 6.37. The maximum atomic E-state index is 13.6. The molecular formula is C21H16FN3O3S. The summed E-state index contributed by atoms with van der Waals surface area (Å²) in [7, 11) is 1.48. The Bertz CT molecular complexity index is 1350. The third-order valence-corrected chi connectivity index (χ3v) is 5.50. The third kappa shape index (κ3) is 3.27. The molecule has 8 heteroatoms. The number of para-hydroxylation sites is 1. The van der Waals surface area contributed by atoms with Crippen molar-refractivity contribution < 1.29 is 9.18 Å². The Balaban J connectivity index is 2.03. The van der Waals surface area contributed by atoms with Crippen LogP contribution in [0.4, 0.5) is 4.39 Å². The Morgan fingerprint density at radius 3 is 2.66 bits per heavy atom. The Labute approximate surface area is 168 Å². The van der Waals surface area contributed by atoms with Crippen LogP contribution in [0.5, 0.6) is 0 Å². The lowest BCUT2D eigenvalue weighted by Gasteiger charge is -2.14. The highest BCUT2D eigenvalue weighted by molar-refractivity contribution is 7.12. The number of nitrogens with one attached hydrogen (secondary N) is 1. The minimum absolute atomic E-state index is 0.0802. The first-order valence-corrected chi connectivity index (χ1v) is 9.68. The molecule has 2 aromatic heterocycles. The predicted molar refractivity (Wildman–Crippen MR) is 111 cm³/mol. The first-order chi connectivity index (χ1) is 14.0. The van der Waals surface area contributed by atoms with Crippen LogP contribution in [0.2, 0.25) is 0 Å². The average Bonchev–Trinajstić information content (AvgIpc) is 3.20. The molecule has 0 atom stereocenters. The van der Waals surface area contributed by atoms with E-state index in [1.807, 2.05) is 0 Å². The van der Waals surface area contributed by atoms with Gasteiger partial charge in [-0.1, -0.05) is 24.3 Å². The fourth-order valence-electron chi connectivity index (χ4n) is 3.27. The van der Waals surface area contributed by atoms with E-state index in [0.717, 1.165) is 15.9 Å². The van der Waals surface area contributed by atoms with Gasteiger partial charge in [-0.15, -0.1) is 11.3 Å². The number of amides is 1. The monoisotopic (exact) mass is 409 g/mol. The van der Waals surface area contributed by atoms with Gasteiger partial charge in [0.05, 0.1) is 23.1 Å². The summed E-state index contributed by atoms with van der Waals surface area (Å²) in [6.45, 7) is 0.0802. The van der Waals surface area contributed by atoms with Crippen molar-refractivity contribution in [2.75, 3.05) is 7.05 Å². The lowest BCUT2D eigenvalue weighted by atomic mass is 10.2. The van der Waals surface area contributed by atoms with E-state index in [1.54, 1.807) is 47.8 Å². The van der Waals surface area contributed by atoms with Crippen LogP contribution in [-0.2, 0) is 6.54 Å². The van der Waals surface area contributed by atoms with Gasteiger partial charge in [-0.3, -0.25) is 14.2 Å². The van der Waals surface area contributed by atoms with Gasteiger partial charge in [0, 0.05) is 7.05 Å². The van der Waals surface area contributed by atoms with Gasteiger partial charge in [0.15, 0.2) is 0 Å². The quantitative estimate of drug-likeness (QED) is 0.563. The topological polar surface area (TPSA) is 73.1 Å². The fraction of sp³-hybridized carbons (Fsp3) is 0.0952. The van der Waals surface area contributed by atoms with Crippen molar-refractivity contribution in [2.45, 2.75) is 6.54 Å². The smallest absolute Gasteiger partial charge is 0.336 e. The van der Waals surface area contributed by atoms with Gasteiger partial charge in [-0.25, -0.2) is 13.8 Å². The summed E-state index contributed by atoms with van der Waals surface area (Å²) >= 11 is 1.14. The van der Waals surface area contributed by atoms with E-state index in [4.69, 9.17) is 0 Å². The van der Waals surface area contributed by atoms with Crippen LogP contribution in [-0.4, -0.2) is 22.1 Å². The molecule has 6 nitrogen and oxygen atoms in total. The highest BCUT2D eigenvalue weighted by Gasteiger charge is 2.20. The Morgan fingerprint density at radius 2 is 1.90 bits per heavy atom. The van der Waals surface area contributed by atoms with Gasteiger partial charge in [0.1, 0.15) is 10.7 Å². The van der Waals surface area contributed by atoms with Crippen molar-refractivity contribution in [3.05, 3.63) is 97.1 Å². The van der Waals surface area contributed by atoms with Crippen molar-refractivity contribution in [3.63, 3.8) is 0 Å². The van der Waals surface area contributed by atoms with E-state index in [1.165, 1.54) is 23.7 Å². The van der Waals surface area contributed by atoms with E-state index in [-0.39, 0.29) is 23.0 Å². The molecule has 4 rings (SSSR count). The van der Waals surface area contributed by atoms with Gasteiger partial charge in [0.2, 0.25) is 0 Å². The first-order valence-electron chi connectivity index (χ1n) is 8.80. The zero-order valence-electron chi connectivity index (χ0n) is 15.4. The number of rotatable bonds is 4. The SMILES string of the molecule is CNC(=O)c1sccc1-n1c(=O)c2ccccc2n(Cc2cccc(F)c2)c1=O. The molecule has 4 aromatic rings. The molecule has 0 aliphatic carbocycles. The normalized spacial score (nSPS) is 11.0. The summed E-state index contributed by atoms with van der Waals surface area (Å²) < 4.78 is 16.1. The molecule has 0 saturated carbocycles. The number of halogens is 1. The number of hydrogen-bond donors (Lipinski definition) is 1. The van der Waals surface area contributed by atoms with E-state index in [2.05, 4.69) is 5.32 Å². The number of nitrogens with zero attached hydrogens (tertiary/aromatic N) is 2. The zero-order valence-corrected chi connectivity index (χ0v) is 16.2. The number of thiophene rings is 1. The minimum atomic E-state index is -0.596. The van der Waals surface area contributed by atoms with Crippen molar-refractivity contribution in [3.8, 4) is 5.69 Å². The zero-order chi connectivity index (χ0) is 20.5. The standard InChI is InChI=1S/C21H16FN3O3S/c1-23-19(26)18-17(9-10-29-18)25-20(27)15-7-2-3-8-16(15)24(21(25)28)12-13-5-4-6-14(22)11-13/h2-11H,12H2,1H3,(H,23,26).